The van der Waals surface area contributed by atoms with E-state index >= 15 is 0 Å². The molecular weight excluding hydrogens is 330 g/mol. The van der Waals surface area contributed by atoms with Crippen LogP contribution in [0.5, 0.6) is 0 Å². The van der Waals surface area contributed by atoms with Gasteiger partial charge >= 0.3 is 5.97 Å². The molecule has 7 heteroatoms. The smallest absolute Gasteiger partial charge is 0.328 e. The molecule has 1 fully saturated rings. The van der Waals surface area contributed by atoms with E-state index in [0.717, 1.165) is 41.7 Å². The quantitative estimate of drug-likeness (QED) is 0.678. The van der Waals surface area contributed by atoms with E-state index in [1.54, 1.807) is 12.3 Å². The molecule has 1 aromatic heterocycles. The molecular formula is C17H16ClN3O3. The number of carbonyl (C=O) groups is 1. The fourth-order valence-corrected chi connectivity index (χ4v) is 2.68. The van der Waals surface area contributed by atoms with Gasteiger partial charge in [-0.1, -0.05) is 18.2 Å². The van der Waals surface area contributed by atoms with Crippen molar-refractivity contribution in [1.82, 2.24) is 9.97 Å². The second-order valence-electron chi connectivity index (χ2n) is 5.27. The van der Waals surface area contributed by atoms with E-state index in [0.29, 0.717) is 13.2 Å². The van der Waals surface area contributed by atoms with E-state index in [-0.39, 0.29) is 5.28 Å². The molecule has 0 saturated carbocycles. The van der Waals surface area contributed by atoms with Gasteiger partial charge in [0.1, 0.15) is 5.82 Å². The average molecular weight is 346 g/mol. The van der Waals surface area contributed by atoms with Crippen molar-refractivity contribution in [2.45, 2.75) is 0 Å². The molecule has 0 amide bonds. The molecule has 0 unspecified atom stereocenters. The number of carboxylic acids is 1. The van der Waals surface area contributed by atoms with Gasteiger partial charge in [0.15, 0.2) is 0 Å². The zero-order valence-electron chi connectivity index (χ0n) is 12.9. The van der Waals surface area contributed by atoms with Gasteiger partial charge in [0.05, 0.1) is 13.2 Å². The summed E-state index contributed by atoms with van der Waals surface area (Å²) < 4.78 is 5.39. The summed E-state index contributed by atoms with van der Waals surface area (Å²) >= 11 is 5.98. The van der Waals surface area contributed by atoms with E-state index in [2.05, 4.69) is 14.9 Å². The van der Waals surface area contributed by atoms with Gasteiger partial charge in [-0.3, -0.25) is 0 Å². The number of halogens is 1. The lowest BCUT2D eigenvalue weighted by molar-refractivity contribution is -0.131. The maximum atomic E-state index is 10.7. The van der Waals surface area contributed by atoms with Crippen molar-refractivity contribution in [2.24, 2.45) is 0 Å². The third-order valence-corrected chi connectivity index (χ3v) is 3.85. The number of aliphatic carboxylic acids is 1. The van der Waals surface area contributed by atoms with Crippen molar-refractivity contribution in [1.29, 1.82) is 0 Å². The number of rotatable bonds is 4. The van der Waals surface area contributed by atoms with Crippen LogP contribution in [0.1, 0.15) is 5.56 Å². The van der Waals surface area contributed by atoms with Gasteiger partial charge < -0.3 is 14.7 Å². The highest BCUT2D eigenvalue weighted by atomic mass is 35.5. The Morgan fingerprint density at radius 3 is 2.88 bits per heavy atom. The Hall–Kier alpha value is -2.44. The Bertz CT molecular complexity index is 773. The highest BCUT2D eigenvalue weighted by Crippen LogP contribution is 2.30. The van der Waals surface area contributed by atoms with Gasteiger partial charge in [-0.05, 0) is 34.9 Å². The molecule has 24 heavy (non-hydrogen) atoms. The van der Waals surface area contributed by atoms with E-state index in [1.165, 1.54) is 0 Å². The lowest BCUT2D eigenvalue weighted by Crippen LogP contribution is -2.37. The Kier molecular flexibility index (Phi) is 5.08. The number of benzene rings is 1. The van der Waals surface area contributed by atoms with E-state index in [1.807, 2.05) is 24.3 Å². The second kappa shape index (κ2) is 7.42. The highest BCUT2D eigenvalue weighted by molar-refractivity contribution is 6.28. The van der Waals surface area contributed by atoms with Crippen LogP contribution in [0.15, 0.2) is 36.5 Å². The predicted molar refractivity (Wildman–Crippen MR) is 92.2 cm³/mol. The Morgan fingerprint density at radius 1 is 1.33 bits per heavy atom. The van der Waals surface area contributed by atoms with Gasteiger partial charge in [0, 0.05) is 30.9 Å². The van der Waals surface area contributed by atoms with Crippen molar-refractivity contribution in [3.05, 3.63) is 47.4 Å². The highest BCUT2D eigenvalue weighted by Gasteiger charge is 2.18. The first-order chi connectivity index (χ1) is 11.6. The molecule has 124 valence electrons. The van der Waals surface area contributed by atoms with Gasteiger partial charge in [-0.2, -0.15) is 4.98 Å². The van der Waals surface area contributed by atoms with Crippen molar-refractivity contribution in [3.63, 3.8) is 0 Å². The number of morpholine rings is 1. The fraction of sp³-hybridized carbons (Fsp3) is 0.235. The zero-order chi connectivity index (χ0) is 16.9. The third kappa shape index (κ3) is 3.90. The number of nitrogens with zero attached hydrogens (tertiary/aromatic N) is 3. The summed E-state index contributed by atoms with van der Waals surface area (Å²) in [5.41, 5.74) is 2.55. The van der Waals surface area contributed by atoms with E-state index in [9.17, 15) is 4.79 Å². The molecule has 1 aromatic carbocycles. The third-order valence-electron chi connectivity index (χ3n) is 3.67. The SMILES string of the molecule is O=C(O)/C=C/c1cccc(-c2cnc(Cl)nc2N2CCOCC2)c1. The summed E-state index contributed by atoms with van der Waals surface area (Å²) in [5.74, 6) is -0.220. The van der Waals surface area contributed by atoms with Gasteiger partial charge in [-0.25, -0.2) is 9.78 Å². The normalized spacial score (nSPS) is 15.0. The zero-order valence-corrected chi connectivity index (χ0v) is 13.6. The van der Waals surface area contributed by atoms with Crippen LogP contribution >= 0.6 is 11.6 Å². The minimum atomic E-state index is -0.982. The fourth-order valence-electron chi connectivity index (χ4n) is 2.55. The number of ether oxygens (including phenoxy) is 1. The average Bonchev–Trinajstić information content (AvgIpc) is 2.61. The first-order valence-electron chi connectivity index (χ1n) is 7.50. The first kappa shape index (κ1) is 16.4. The van der Waals surface area contributed by atoms with Crippen molar-refractivity contribution in [3.8, 4) is 11.1 Å². The topological polar surface area (TPSA) is 75.5 Å². The van der Waals surface area contributed by atoms with Gasteiger partial charge in [-0.15, -0.1) is 0 Å². The van der Waals surface area contributed by atoms with Crippen LogP contribution in [0, 0.1) is 0 Å². The maximum absolute atomic E-state index is 10.7. The Balaban J connectivity index is 1.99. The van der Waals surface area contributed by atoms with Crippen molar-refractivity contribution in [2.75, 3.05) is 31.2 Å². The number of hydrogen-bond acceptors (Lipinski definition) is 5. The number of anilines is 1. The molecule has 3 rings (SSSR count). The lowest BCUT2D eigenvalue weighted by atomic mass is 10.0. The molecule has 0 aliphatic carbocycles. The molecule has 1 aliphatic heterocycles. The summed E-state index contributed by atoms with van der Waals surface area (Å²) in [5, 5.41) is 8.96. The van der Waals surface area contributed by atoms with Gasteiger partial charge in [0.2, 0.25) is 5.28 Å². The number of aromatic nitrogens is 2. The molecule has 0 spiro atoms. The summed E-state index contributed by atoms with van der Waals surface area (Å²) in [7, 11) is 0. The predicted octanol–water partition coefficient (Wildman–Crippen LogP) is 2.73. The molecule has 1 aliphatic rings. The molecule has 1 saturated heterocycles. The van der Waals surface area contributed by atoms with Crippen molar-refractivity contribution < 1.29 is 14.6 Å². The van der Waals surface area contributed by atoms with E-state index in [4.69, 9.17) is 21.4 Å². The van der Waals surface area contributed by atoms with Crippen LogP contribution in [0.3, 0.4) is 0 Å². The van der Waals surface area contributed by atoms with Crippen LogP contribution in [0.4, 0.5) is 5.82 Å². The molecule has 2 heterocycles. The second-order valence-corrected chi connectivity index (χ2v) is 5.61. The van der Waals surface area contributed by atoms with Crippen LogP contribution in [-0.2, 0) is 9.53 Å². The number of hydrogen-bond donors (Lipinski definition) is 1. The molecule has 0 bridgehead atoms. The van der Waals surface area contributed by atoms with Crippen LogP contribution in [0.2, 0.25) is 5.28 Å². The van der Waals surface area contributed by atoms with Crippen LogP contribution < -0.4 is 4.90 Å². The summed E-state index contributed by atoms with van der Waals surface area (Å²) in [6.45, 7) is 2.75. The summed E-state index contributed by atoms with van der Waals surface area (Å²) in [6.07, 6.45) is 4.36. The Morgan fingerprint density at radius 2 is 2.12 bits per heavy atom. The number of carboxylic acid groups (broad SMARTS) is 1. The van der Waals surface area contributed by atoms with Crippen molar-refractivity contribution >= 4 is 29.5 Å². The first-order valence-corrected chi connectivity index (χ1v) is 7.88. The largest absolute Gasteiger partial charge is 0.478 e. The maximum Gasteiger partial charge on any atom is 0.328 e. The Labute approximate surface area is 144 Å². The summed E-state index contributed by atoms with van der Waals surface area (Å²) in [6, 6.07) is 7.55. The monoisotopic (exact) mass is 345 g/mol. The molecule has 1 N–H and O–H groups in total. The molecule has 0 radical (unpaired) electrons. The molecule has 2 aromatic rings. The molecule has 0 atom stereocenters. The van der Waals surface area contributed by atoms with Crippen LogP contribution in [0.25, 0.3) is 17.2 Å². The van der Waals surface area contributed by atoms with E-state index < -0.39 is 5.97 Å². The van der Waals surface area contributed by atoms with Gasteiger partial charge in [0.25, 0.3) is 0 Å². The standard InChI is InChI=1S/C17H16ClN3O3/c18-17-19-11-14(16(20-17)21-6-8-24-9-7-21)13-3-1-2-12(10-13)4-5-15(22)23/h1-5,10-11H,6-9H2,(H,22,23)/b5-4+. The minimum Gasteiger partial charge on any atom is -0.478 e. The minimum absolute atomic E-state index is 0.196. The summed E-state index contributed by atoms with van der Waals surface area (Å²) in [4.78, 5) is 21.3. The van der Waals surface area contributed by atoms with Crippen LogP contribution in [-0.4, -0.2) is 47.3 Å². The lowest BCUT2D eigenvalue weighted by Gasteiger charge is -2.29. The molecule has 6 nitrogen and oxygen atoms in total.